The van der Waals surface area contributed by atoms with Gasteiger partial charge in [-0.05, 0) is 77.9 Å². The van der Waals surface area contributed by atoms with E-state index in [0.29, 0.717) is 48.7 Å². The van der Waals surface area contributed by atoms with Crippen molar-refractivity contribution < 1.29 is 29.9 Å². The molecule has 4 N–H and O–H groups in total. The summed E-state index contributed by atoms with van der Waals surface area (Å²) in [4.78, 5) is 0. The Hall–Kier alpha value is -3.36. The van der Waals surface area contributed by atoms with Gasteiger partial charge in [-0.2, -0.15) is 0 Å². The lowest BCUT2D eigenvalue weighted by Gasteiger charge is -2.27. The Kier molecular flexibility index (Phi) is 6.84. The average molecular weight is 511 g/mol. The Bertz CT molecular complexity index is 1380. The van der Waals surface area contributed by atoms with Crippen molar-refractivity contribution in [3.8, 4) is 33.4 Å². The molecule has 0 aromatic heterocycles. The van der Waals surface area contributed by atoms with Crippen molar-refractivity contribution in [2.75, 3.05) is 0 Å². The zero-order valence-electron chi connectivity index (χ0n) is 21.0. The number of fused-ring (bicyclic) bond motifs is 2. The molecule has 0 unspecified atom stereocenters. The van der Waals surface area contributed by atoms with E-state index in [0.717, 1.165) is 55.6 Å². The fourth-order valence-corrected chi connectivity index (χ4v) is 6.29. The predicted octanol–water partition coefficient (Wildman–Crippen LogP) is 4.72. The topological polar surface area (TPSA) is 99.4 Å². The number of hydrogen-bond acceptors (Lipinski definition) is 6. The fraction of sp³-hybridized carbons (Fsp3) is 0.250. The Morgan fingerprint density at radius 1 is 0.421 bits per heavy atom. The summed E-state index contributed by atoms with van der Waals surface area (Å²) in [7, 11) is 0. The van der Waals surface area contributed by atoms with Crippen molar-refractivity contribution in [1.29, 1.82) is 0 Å². The minimum Gasteiger partial charge on any atom is -0.392 e. The molecular weight excluding hydrogens is 480 g/mol. The van der Waals surface area contributed by atoms with Crippen LogP contribution in [-0.4, -0.2) is 20.4 Å². The molecule has 0 spiro atoms. The molecule has 6 heteroatoms. The molecule has 2 aliphatic heterocycles. The third-order valence-corrected chi connectivity index (χ3v) is 7.86. The summed E-state index contributed by atoms with van der Waals surface area (Å²) in [5, 5.41) is 42.8. The van der Waals surface area contributed by atoms with Gasteiger partial charge in [0.25, 0.3) is 0 Å². The zero-order chi connectivity index (χ0) is 26.2. The third-order valence-electron chi connectivity index (χ3n) is 7.86. The number of aliphatic hydroxyl groups is 4. The van der Waals surface area contributed by atoms with E-state index in [4.69, 9.17) is 9.47 Å². The molecule has 0 saturated heterocycles. The van der Waals surface area contributed by atoms with Gasteiger partial charge in [-0.3, -0.25) is 0 Å². The molecule has 4 aromatic rings. The molecule has 4 aromatic carbocycles. The summed E-state index contributed by atoms with van der Waals surface area (Å²) in [6, 6.07) is 19.7. The lowest BCUT2D eigenvalue weighted by molar-refractivity contribution is 0.134. The first kappa shape index (κ1) is 24.9. The molecule has 0 atom stereocenters. The van der Waals surface area contributed by atoms with Gasteiger partial charge >= 0.3 is 0 Å². The number of benzene rings is 4. The first-order valence-corrected chi connectivity index (χ1v) is 12.8. The minimum absolute atomic E-state index is 0.261. The fourth-order valence-electron chi connectivity index (χ4n) is 6.29. The lowest BCUT2D eigenvalue weighted by atomic mass is 9.77. The van der Waals surface area contributed by atoms with Crippen molar-refractivity contribution in [2.24, 2.45) is 0 Å². The third kappa shape index (κ3) is 3.81. The van der Waals surface area contributed by atoms with Crippen molar-refractivity contribution >= 4 is 0 Å². The minimum atomic E-state index is -0.298. The highest BCUT2D eigenvalue weighted by molar-refractivity contribution is 5.90. The molecule has 6 rings (SSSR count). The summed E-state index contributed by atoms with van der Waals surface area (Å²) in [5.74, 6) is 0. The normalized spacial score (nSPS) is 14.1. The molecule has 2 heterocycles. The van der Waals surface area contributed by atoms with E-state index in [1.54, 1.807) is 0 Å². The Balaban J connectivity index is 1.74. The van der Waals surface area contributed by atoms with E-state index in [9.17, 15) is 20.4 Å². The summed E-state index contributed by atoms with van der Waals surface area (Å²) < 4.78 is 11.9. The van der Waals surface area contributed by atoms with Crippen LogP contribution < -0.4 is 0 Å². The summed E-state index contributed by atoms with van der Waals surface area (Å²) in [6.45, 7) is 0.338. The van der Waals surface area contributed by atoms with Gasteiger partial charge in [-0.1, -0.05) is 60.7 Å². The maximum Gasteiger partial charge on any atom is 0.0731 e. The maximum absolute atomic E-state index is 10.8. The van der Waals surface area contributed by atoms with Crippen LogP contribution in [0.1, 0.15) is 44.5 Å². The first-order chi connectivity index (χ1) is 18.7. The Morgan fingerprint density at radius 3 is 1.03 bits per heavy atom. The van der Waals surface area contributed by atoms with E-state index in [1.165, 1.54) is 0 Å². The van der Waals surface area contributed by atoms with Gasteiger partial charge < -0.3 is 29.9 Å². The Labute approximate surface area is 221 Å². The maximum atomic E-state index is 10.8. The second-order valence-electron chi connectivity index (χ2n) is 9.68. The molecule has 0 radical (unpaired) electrons. The second kappa shape index (κ2) is 10.4. The second-order valence-corrected chi connectivity index (χ2v) is 9.68. The van der Waals surface area contributed by atoms with Crippen molar-refractivity contribution in [1.82, 2.24) is 0 Å². The van der Waals surface area contributed by atoms with Gasteiger partial charge in [0.1, 0.15) is 0 Å². The highest BCUT2D eigenvalue weighted by Gasteiger charge is 2.34. The van der Waals surface area contributed by atoms with Gasteiger partial charge in [0.15, 0.2) is 0 Å². The monoisotopic (exact) mass is 510 g/mol. The van der Waals surface area contributed by atoms with Crippen LogP contribution in [0.5, 0.6) is 0 Å². The molecule has 38 heavy (non-hydrogen) atoms. The average Bonchev–Trinajstić information content (AvgIpc) is 3.65. The number of ether oxygens (including phenoxy) is 2. The van der Waals surface area contributed by atoms with E-state index in [-0.39, 0.29) is 26.4 Å². The summed E-state index contributed by atoms with van der Waals surface area (Å²) >= 11 is 0. The smallest absolute Gasteiger partial charge is 0.0731 e. The van der Waals surface area contributed by atoms with E-state index in [2.05, 4.69) is 0 Å². The first-order valence-electron chi connectivity index (χ1n) is 12.8. The summed E-state index contributed by atoms with van der Waals surface area (Å²) in [5.41, 5.74) is 11.5. The van der Waals surface area contributed by atoms with E-state index >= 15 is 0 Å². The number of hydrogen-bond donors (Lipinski definition) is 4. The predicted molar refractivity (Wildman–Crippen MR) is 143 cm³/mol. The van der Waals surface area contributed by atoms with E-state index in [1.807, 2.05) is 60.7 Å². The van der Waals surface area contributed by atoms with Crippen LogP contribution in [0.15, 0.2) is 60.7 Å². The largest absolute Gasteiger partial charge is 0.392 e. The number of rotatable bonds is 7. The van der Waals surface area contributed by atoms with Crippen LogP contribution in [0.2, 0.25) is 0 Å². The molecule has 6 nitrogen and oxygen atoms in total. The van der Waals surface area contributed by atoms with Crippen LogP contribution in [0, 0.1) is 0 Å². The molecule has 194 valence electrons. The zero-order valence-corrected chi connectivity index (χ0v) is 21.0. The SMILES string of the molecule is OCc1c(CO)c(-c2c(CO)c(CO)c(-c3ccccc3)c3c2COC3)c2c(c1-c1ccccc1)COC2. The van der Waals surface area contributed by atoms with Crippen molar-refractivity contribution in [3.05, 3.63) is 105 Å². The standard InChI is InChI=1S/C32H30O6/c33-11-21-23(13-35)31(27-17-37-15-25(27)29(21)19-7-3-1-4-8-19)32-24(14-36)22(12-34)30(20-9-5-2-6-10-20)26-16-38-18-28(26)32/h1-10,33-36H,11-18H2. The quantitative estimate of drug-likeness (QED) is 0.287. The van der Waals surface area contributed by atoms with Crippen LogP contribution in [-0.2, 0) is 62.3 Å². The van der Waals surface area contributed by atoms with Gasteiger partial charge in [-0.25, -0.2) is 0 Å². The van der Waals surface area contributed by atoms with Crippen molar-refractivity contribution in [3.63, 3.8) is 0 Å². The molecular formula is C32H30O6. The summed E-state index contributed by atoms with van der Waals surface area (Å²) in [6.07, 6.45) is 0. The van der Waals surface area contributed by atoms with Crippen molar-refractivity contribution in [2.45, 2.75) is 52.9 Å². The van der Waals surface area contributed by atoms with Crippen LogP contribution in [0.4, 0.5) is 0 Å². The molecule has 0 saturated carbocycles. The highest BCUT2D eigenvalue weighted by atomic mass is 16.5. The van der Waals surface area contributed by atoms with Gasteiger partial charge in [0.05, 0.1) is 52.9 Å². The molecule has 2 aliphatic rings. The van der Waals surface area contributed by atoms with Gasteiger partial charge in [-0.15, -0.1) is 0 Å². The van der Waals surface area contributed by atoms with E-state index < -0.39 is 0 Å². The van der Waals surface area contributed by atoms with Crippen LogP contribution in [0.3, 0.4) is 0 Å². The molecule has 0 bridgehead atoms. The van der Waals surface area contributed by atoms with Crippen LogP contribution >= 0.6 is 0 Å². The molecule has 0 fully saturated rings. The lowest BCUT2D eigenvalue weighted by Crippen LogP contribution is -2.12. The van der Waals surface area contributed by atoms with Gasteiger partial charge in [0, 0.05) is 0 Å². The Morgan fingerprint density at radius 2 is 0.711 bits per heavy atom. The van der Waals surface area contributed by atoms with Crippen LogP contribution in [0.25, 0.3) is 33.4 Å². The van der Waals surface area contributed by atoms with Gasteiger partial charge in [0.2, 0.25) is 0 Å². The highest BCUT2D eigenvalue weighted by Crippen LogP contribution is 2.49. The molecule has 0 aliphatic carbocycles. The number of aliphatic hydroxyl groups excluding tert-OH is 4. The molecule has 0 amide bonds.